The van der Waals surface area contributed by atoms with Gasteiger partial charge in [0, 0.05) is 29.9 Å². The van der Waals surface area contributed by atoms with E-state index in [1.165, 1.54) is 12.1 Å². The van der Waals surface area contributed by atoms with Crippen molar-refractivity contribution in [1.82, 2.24) is 20.9 Å². The number of unbranched alkanes of at least 4 members (excludes halogenated alkanes) is 1. The average Bonchev–Trinajstić information content (AvgIpc) is 3.39. The van der Waals surface area contributed by atoms with Crippen molar-refractivity contribution < 1.29 is 34.2 Å². The number of carboxylic acids is 1. The van der Waals surface area contributed by atoms with Crippen molar-refractivity contribution in [1.29, 1.82) is 0 Å². The summed E-state index contributed by atoms with van der Waals surface area (Å²) in [7, 11) is 0. The Morgan fingerprint density at radius 2 is 1.45 bits per heavy atom. The van der Waals surface area contributed by atoms with Crippen LogP contribution in [0, 0.1) is 0 Å². The summed E-state index contributed by atoms with van der Waals surface area (Å²) in [6.45, 7) is 0.345. The van der Waals surface area contributed by atoms with Crippen LogP contribution in [0.2, 0.25) is 0 Å². The van der Waals surface area contributed by atoms with Crippen LogP contribution < -0.4 is 33.2 Å². The maximum absolute atomic E-state index is 13.7. The lowest BCUT2D eigenvalue weighted by Crippen LogP contribution is -2.58. The van der Waals surface area contributed by atoms with Gasteiger partial charge in [0.05, 0.1) is 12.5 Å². The number of para-hydroxylation sites is 1. The van der Waals surface area contributed by atoms with Crippen molar-refractivity contribution in [3.05, 3.63) is 65.9 Å². The highest BCUT2D eigenvalue weighted by Crippen LogP contribution is 2.19. The number of primary amides is 1. The van der Waals surface area contributed by atoms with Crippen molar-refractivity contribution in [3.63, 3.8) is 0 Å². The summed E-state index contributed by atoms with van der Waals surface area (Å²) in [6.07, 6.45) is 2.36. The zero-order chi connectivity index (χ0) is 32.2. The maximum atomic E-state index is 13.7. The van der Waals surface area contributed by atoms with Gasteiger partial charge >= 0.3 is 5.97 Å². The molecule has 4 unspecified atom stereocenters. The minimum absolute atomic E-state index is 0.0113. The molecule has 3 rings (SSSR count). The minimum atomic E-state index is -1.32. The van der Waals surface area contributed by atoms with Gasteiger partial charge in [0.2, 0.25) is 23.6 Å². The number of hydrogen-bond acceptors (Lipinski definition) is 8. The van der Waals surface area contributed by atoms with Gasteiger partial charge in [-0.05, 0) is 55.1 Å². The Morgan fingerprint density at radius 1 is 0.818 bits per heavy atom. The fourth-order valence-corrected chi connectivity index (χ4v) is 4.69. The number of hydrogen-bond donors (Lipinski definition) is 9. The number of H-pyrrole nitrogens is 1. The molecule has 12 N–H and O–H groups in total. The van der Waals surface area contributed by atoms with Gasteiger partial charge in [-0.15, -0.1) is 0 Å². The van der Waals surface area contributed by atoms with E-state index in [2.05, 4.69) is 20.9 Å². The van der Waals surface area contributed by atoms with Crippen LogP contribution in [0.5, 0.6) is 5.75 Å². The Balaban J connectivity index is 1.82. The molecule has 0 aliphatic rings. The molecule has 4 amide bonds. The SMILES string of the molecule is NCCCCC(NC(=O)C(Cc1c[nH]c2ccccc12)NC(=O)C(N)CC(N)=O)C(=O)NC(Cc1ccc(O)cc1)C(=O)O. The third-order valence-electron chi connectivity index (χ3n) is 7.06. The molecule has 0 radical (unpaired) electrons. The van der Waals surface area contributed by atoms with E-state index in [4.69, 9.17) is 17.2 Å². The fourth-order valence-electron chi connectivity index (χ4n) is 4.69. The number of aromatic amines is 1. The van der Waals surface area contributed by atoms with Crippen LogP contribution in [0.3, 0.4) is 0 Å². The van der Waals surface area contributed by atoms with Gasteiger partial charge in [0.1, 0.15) is 23.9 Å². The smallest absolute Gasteiger partial charge is 0.326 e. The number of rotatable bonds is 17. The number of fused-ring (bicyclic) bond motifs is 1. The standard InChI is InChI=1S/C30H39N7O7/c31-12-4-3-7-23(28(41)37-25(30(43)44)13-17-8-10-19(38)11-9-17)35-29(42)24(36-27(40)21(32)15-26(33)39)14-18-16-34-22-6-2-1-5-20(18)22/h1-2,5-6,8-11,16,21,23-25,34,38H,3-4,7,12-15,31-32H2,(H2,33,39)(H,35,42)(H,36,40)(H,37,41)(H,43,44). The first kappa shape index (κ1) is 33.6. The number of phenolic OH excluding ortho intramolecular Hbond substituents is 1. The van der Waals surface area contributed by atoms with Crippen LogP contribution in [0.4, 0.5) is 0 Å². The number of aromatic nitrogens is 1. The topological polar surface area (TPSA) is 256 Å². The van der Waals surface area contributed by atoms with Crippen molar-refractivity contribution in [2.45, 2.75) is 62.7 Å². The summed E-state index contributed by atoms with van der Waals surface area (Å²) >= 11 is 0. The summed E-state index contributed by atoms with van der Waals surface area (Å²) in [5, 5.41) is 27.8. The summed E-state index contributed by atoms with van der Waals surface area (Å²) in [6, 6.07) is 8.27. The minimum Gasteiger partial charge on any atom is -0.508 e. The average molecular weight is 610 g/mol. The predicted octanol–water partition coefficient (Wildman–Crippen LogP) is -0.471. The van der Waals surface area contributed by atoms with Gasteiger partial charge in [0.25, 0.3) is 0 Å². The molecule has 0 aliphatic heterocycles. The Hall–Kier alpha value is -4.95. The largest absolute Gasteiger partial charge is 0.508 e. The lowest BCUT2D eigenvalue weighted by molar-refractivity contribution is -0.142. The molecule has 3 aromatic rings. The number of carbonyl (C=O) groups excluding carboxylic acids is 4. The Labute approximate surface area is 253 Å². The number of carboxylic acid groups (broad SMARTS) is 1. The Kier molecular flexibility index (Phi) is 12.2. The molecule has 0 aliphatic carbocycles. The van der Waals surface area contributed by atoms with Gasteiger partial charge in [-0.25, -0.2) is 4.79 Å². The van der Waals surface area contributed by atoms with E-state index in [1.807, 2.05) is 24.3 Å². The van der Waals surface area contributed by atoms with Crippen LogP contribution in [0.25, 0.3) is 10.9 Å². The first-order chi connectivity index (χ1) is 21.0. The number of aromatic hydroxyl groups is 1. The lowest BCUT2D eigenvalue weighted by atomic mass is 10.0. The highest BCUT2D eigenvalue weighted by Gasteiger charge is 2.31. The molecule has 1 aromatic heterocycles. The third kappa shape index (κ3) is 9.81. The van der Waals surface area contributed by atoms with Gasteiger partial charge in [-0.2, -0.15) is 0 Å². The van der Waals surface area contributed by atoms with Crippen LogP contribution in [0.15, 0.2) is 54.7 Å². The molecule has 0 bridgehead atoms. The zero-order valence-corrected chi connectivity index (χ0v) is 24.1. The Morgan fingerprint density at radius 3 is 2.11 bits per heavy atom. The number of benzene rings is 2. The highest BCUT2D eigenvalue weighted by molar-refractivity contribution is 5.95. The molecule has 2 aromatic carbocycles. The molecule has 0 fully saturated rings. The number of phenols is 1. The second-order valence-corrected chi connectivity index (χ2v) is 10.5. The van der Waals surface area contributed by atoms with Crippen LogP contribution in [0.1, 0.15) is 36.8 Å². The van der Waals surface area contributed by atoms with Gasteiger partial charge < -0.3 is 48.3 Å². The second kappa shape index (κ2) is 16.0. The summed E-state index contributed by atoms with van der Waals surface area (Å²) in [5.41, 5.74) is 18.7. The molecular formula is C30H39N7O7. The molecule has 14 nitrogen and oxygen atoms in total. The number of nitrogens with one attached hydrogen (secondary N) is 4. The molecule has 44 heavy (non-hydrogen) atoms. The second-order valence-electron chi connectivity index (χ2n) is 10.5. The number of nitrogens with two attached hydrogens (primary N) is 3. The predicted molar refractivity (Wildman–Crippen MR) is 162 cm³/mol. The van der Waals surface area contributed by atoms with E-state index >= 15 is 0 Å². The molecular weight excluding hydrogens is 570 g/mol. The van der Waals surface area contributed by atoms with Gasteiger partial charge in [0.15, 0.2) is 0 Å². The molecule has 236 valence electrons. The van der Waals surface area contributed by atoms with Crippen molar-refractivity contribution in [3.8, 4) is 5.75 Å². The monoisotopic (exact) mass is 609 g/mol. The lowest BCUT2D eigenvalue weighted by Gasteiger charge is -2.25. The summed E-state index contributed by atoms with van der Waals surface area (Å²) in [4.78, 5) is 66.3. The molecule has 0 saturated heterocycles. The first-order valence-electron chi connectivity index (χ1n) is 14.2. The van der Waals surface area contributed by atoms with Gasteiger partial charge in [-0.3, -0.25) is 19.2 Å². The van der Waals surface area contributed by atoms with Crippen molar-refractivity contribution in [2.75, 3.05) is 6.54 Å². The number of carbonyl (C=O) groups is 5. The molecule has 14 heteroatoms. The fraction of sp³-hybridized carbons (Fsp3) is 0.367. The first-order valence-corrected chi connectivity index (χ1v) is 14.2. The van der Waals surface area contributed by atoms with E-state index in [1.54, 1.807) is 18.3 Å². The Bertz CT molecular complexity index is 1460. The number of aliphatic carboxylic acids is 1. The van der Waals surface area contributed by atoms with Crippen molar-refractivity contribution >= 4 is 40.5 Å². The van der Waals surface area contributed by atoms with E-state index in [-0.39, 0.29) is 25.0 Å². The van der Waals surface area contributed by atoms with E-state index in [0.29, 0.717) is 30.5 Å². The summed E-state index contributed by atoms with van der Waals surface area (Å²) < 4.78 is 0. The molecule has 4 atom stereocenters. The quantitative estimate of drug-likeness (QED) is 0.0895. The van der Waals surface area contributed by atoms with Crippen LogP contribution >= 0.6 is 0 Å². The zero-order valence-electron chi connectivity index (χ0n) is 24.1. The van der Waals surface area contributed by atoms with Crippen LogP contribution in [-0.2, 0) is 36.8 Å². The van der Waals surface area contributed by atoms with Crippen molar-refractivity contribution in [2.24, 2.45) is 17.2 Å². The molecule has 0 saturated carbocycles. The number of amides is 4. The maximum Gasteiger partial charge on any atom is 0.326 e. The van der Waals surface area contributed by atoms with E-state index in [0.717, 1.165) is 10.9 Å². The molecule has 0 spiro atoms. The van der Waals surface area contributed by atoms with E-state index in [9.17, 15) is 34.2 Å². The summed E-state index contributed by atoms with van der Waals surface area (Å²) in [5.74, 6) is -4.30. The normalized spacial score (nSPS) is 13.8. The van der Waals surface area contributed by atoms with Crippen LogP contribution in [-0.4, -0.2) is 75.5 Å². The molecule has 1 heterocycles. The highest BCUT2D eigenvalue weighted by atomic mass is 16.4. The van der Waals surface area contributed by atoms with E-state index < -0.39 is 60.2 Å². The van der Waals surface area contributed by atoms with Gasteiger partial charge in [-0.1, -0.05) is 30.3 Å². The third-order valence-corrected chi connectivity index (χ3v) is 7.06.